The van der Waals surface area contributed by atoms with Gasteiger partial charge in [-0.25, -0.2) is 9.67 Å². The number of amides is 1. The second-order valence-electron chi connectivity index (χ2n) is 4.73. The second-order valence-corrected chi connectivity index (χ2v) is 6.11. The minimum Gasteiger partial charge on any atom is -0.471 e. The van der Waals surface area contributed by atoms with E-state index in [-0.39, 0.29) is 12.0 Å². The second kappa shape index (κ2) is 6.49. The Morgan fingerprint density at radius 2 is 2.32 bits per heavy atom. The normalized spacial score (nSPS) is 14.7. The largest absolute Gasteiger partial charge is 0.471 e. The number of ether oxygens (including phenoxy) is 1. The number of carbonyl (C=O) groups excluding carboxylic acids is 1. The Morgan fingerprint density at radius 3 is 2.95 bits per heavy atom. The van der Waals surface area contributed by atoms with Crippen molar-refractivity contribution in [2.24, 2.45) is 7.05 Å². The van der Waals surface area contributed by atoms with Gasteiger partial charge in [0.2, 0.25) is 16.9 Å². The van der Waals surface area contributed by atoms with E-state index in [0.29, 0.717) is 34.9 Å². The monoisotopic (exact) mass is 340 g/mol. The highest BCUT2D eigenvalue weighted by Crippen LogP contribution is 2.20. The van der Waals surface area contributed by atoms with Crippen molar-refractivity contribution < 1.29 is 9.53 Å². The van der Waals surface area contributed by atoms with Gasteiger partial charge in [0.25, 0.3) is 0 Å². The van der Waals surface area contributed by atoms with Crippen LogP contribution in [0, 0.1) is 0 Å². The Hall–Kier alpha value is -1.87. The van der Waals surface area contributed by atoms with E-state index in [0.717, 1.165) is 0 Å². The zero-order valence-electron chi connectivity index (χ0n) is 11.7. The van der Waals surface area contributed by atoms with Crippen LogP contribution in [0.2, 0.25) is 5.02 Å². The molecule has 0 aliphatic carbocycles. The van der Waals surface area contributed by atoms with E-state index < -0.39 is 0 Å². The third kappa shape index (κ3) is 3.47. The van der Waals surface area contributed by atoms with Crippen molar-refractivity contribution in [2.75, 3.05) is 18.8 Å². The van der Waals surface area contributed by atoms with Gasteiger partial charge in [0.05, 0.1) is 23.9 Å². The van der Waals surface area contributed by atoms with Crippen LogP contribution in [0.25, 0.3) is 0 Å². The Morgan fingerprint density at radius 1 is 1.50 bits per heavy atom. The molecule has 0 aromatic carbocycles. The molecule has 1 aliphatic heterocycles. The molecule has 1 fully saturated rings. The highest BCUT2D eigenvalue weighted by Gasteiger charge is 2.32. The minimum absolute atomic E-state index is 0.0286. The first kappa shape index (κ1) is 15.0. The highest BCUT2D eigenvalue weighted by molar-refractivity contribution is 7.99. The molecule has 2 aromatic heterocycles. The molecule has 0 spiro atoms. The third-order valence-electron chi connectivity index (χ3n) is 3.09. The standard InChI is InChI=1S/C12H13ClN6O2S/c1-18-12(15-16-17-18)22-7-11(20)19-5-9(6-19)21-10-3-2-8(13)4-14-10/h2-4,9H,5-7H2,1H3. The molecule has 1 aliphatic rings. The molecule has 8 nitrogen and oxygen atoms in total. The topological polar surface area (TPSA) is 86.0 Å². The van der Waals surface area contributed by atoms with Crippen LogP contribution in [0.1, 0.15) is 0 Å². The van der Waals surface area contributed by atoms with E-state index in [9.17, 15) is 4.79 Å². The van der Waals surface area contributed by atoms with Gasteiger partial charge in [0, 0.05) is 19.3 Å². The van der Waals surface area contributed by atoms with Crippen molar-refractivity contribution in [3.05, 3.63) is 23.4 Å². The molecule has 0 radical (unpaired) electrons. The average molecular weight is 341 g/mol. The summed E-state index contributed by atoms with van der Waals surface area (Å²) in [5, 5.41) is 12.2. The lowest BCUT2D eigenvalue weighted by molar-refractivity contribution is -0.137. The number of hydrogen-bond acceptors (Lipinski definition) is 7. The molecule has 1 amide bonds. The van der Waals surface area contributed by atoms with Gasteiger partial charge >= 0.3 is 0 Å². The molecule has 2 aromatic rings. The smallest absolute Gasteiger partial charge is 0.233 e. The quantitative estimate of drug-likeness (QED) is 0.738. The summed E-state index contributed by atoms with van der Waals surface area (Å²) >= 11 is 7.07. The van der Waals surface area contributed by atoms with Gasteiger partial charge in [-0.3, -0.25) is 4.79 Å². The maximum absolute atomic E-state index is 12.0. The number of tetrazole rings is 1. The number of likely N-dealkylation sites (tertiary alicyclic amines) is 1. The summed E-state index contributed by atoms with van der Waals surface area (Å²) in [5.74, 6) is 0.859. The molecule has 0 bridgehead atoms. The number of rotatable bonds is 5. The lowest BCUT2D eigenvalue weighted by atomic mass is 10.2. The number of aryl methyl sites for hydroxylation is 1. The van der Waals surface area contributed by atoms with Crippen molar-refractivity contribution in [2.45, 2.75) is 11.3 Å². The predicted octanol–water partition coefficient (Wildman–Crippen LogP) is 0.640. The summed E-state index contributed by atoms with van der Waals surface area (Å²) in [6.45, 7) is 1.11. The van der Waals surface area contributed by atoms with Crippen molar-refractivity contribution in [1.29, 1.82) is 0 Å². The summed E-state index contributed by atoms with van der Waals surface area (Å²) in [7, 11) is 1.74. The summed E-state index contributed by atoms with van der Waals surface area (Å²) in [6, 6.07) is 3.43. The van der Waals surface area contributed by atoms with E-state index in [1.165, 1.54) is 22.6 Å². The van der Waals surface area contributed by atoms with E-state index >= 15 is 0 Å². The summed E-state index contributed by atoms with van der Waals surface area (Å²) in [6.07, 6.45) is 1.50. The molecular formula is C12H13ClN6O2S. The Kier molecular flexibility index (Phi) is 4.44. The first-order valence-corrected chi connectivity index (χ1v) is 7.89. The predicted molar refractivity (Wildman–Crippen MR) is 79.8 cm³/mol. The maximum Gasteiger partial charge on any atom is 0.233 e. The number of pyridine rings is 1. The molecule has 116 valence electrons. The Balaban J connectivity index is 1.42. The lowest BCUT2D eigenvalue weighted by Gasteiger charge is -2.38. The van der Waals surface area contributed by atoms with Gasteiger partial charge in [0.1, 0.15) is 6.10 Å². The highest BCUT2D eigenvalue weighted by atomic mass is 35.5. The van der Waals surface area contributed by atoms with Crippen LogP contribution in [-0.4, -0.2) is 60.9 Å². The molecule has 3 rings (SSSR count). The van der Waals surface area contributed by atoms with Gasteiger partial charge in [-0.05, 0) is 16.5 Å². The number of aromatic nitrogens is 5. The van der Waals surface area contributed by atoms with Gasteiger partial charge < -0.3 is 9.64 Å². The van der Waals surface area contributed by atoms with Gasteiger partial charge in [-0.1, -0.05) is 23.4 Å². The van der Waals surface area contributed by atoms with Crippen LogP contribution in [0.3, 0.4) is 0 Å². The van der Waals surface area contributed by atoms with E-state index in [2.05, 4.69) is 20.5 Å². The van der Waals surface area contributed by atoms with Gasteiger partial charge in [0.15, 0.2) is 0 Å². The summed E-state index contributed by atoms with van der Waals surface area (Å²) in [4.78, 5) is 17.8. The van der Waals surface area contributed by atoms with E-state index in [1.807, 2.05) is 0 Å². The first-order valence-electron chi connectivity index (χ1n) is 6.53. The average Bonchev–Trinajstić information content (AvgIpc) is 2.87. The van der Waals surface area contributed by atoms with Crippen molar-refractivity contribution in [3.63, 3.8) is 0 Å². The molecular weight excluding hydrogens is 328 g/mol. The van der Waals surface area contributed by atoms with Crippen molar-refractivity contribution in [3.8, 4) is 5.88 Å². The summed E-state index contributed by atoms with van der Waals surface area (Å²) < 4.78 is 7.18. The van der Waals surface area contributed by atoms with Crippen molar-refractivity contribution >= 4 is 29.3 Å². The van der Waals surface area contributed by atoms with Crippen LogP contribution in [0.4, 0.5) is 0 Å². The number of hydrogen-bond donors (Lipinski definition) is 0. The number of carbonyl (C=O) groups is 1. The van der Waals surface area contributed by atoms with Crippen LogP contribution in [-0.2, 0) is 11.8 Å². The van der Waals surface area contributed by atoms with Crippen LogP contribution in [0.15, 0.2) is 23.5 Å². The molecule has 0 saturated carbocycles. The zero-order chi connectivity index (χ0) is 15.5. The first-order chi connectivity index (χ1) is 10.6. The molecule has 0 unspecified atom stereocenters. The number of nitrogens with zero attached hydrogens (tertiary/aromatic N) is 6. The fourth-order valence-electron chi connectivity index (χ4n) is 1.88. The fourth-order valence-corrected chi connectivity index (χ4v) is 2.74. The van der Waals surface area contributed by atoms with Crippen LogP contribution in [0.5, 0.6) is 5.88 Å². The van der Waals surface area contributed by atoms with Gasteiger partial charge in [-0.2, -0.15) is 0 Å². The van der Waals surface area contributed by atoms with Crippen molar-refractivity contribution in [1.82, 2.24) is 30.1 Å². The van der Waals surface area contributed by atoms with E-state index in [1.54, 1.807) is 24.1 Å². The molecule has 22 heavy (non-hydrogen) atoms. The molecule has 3 heterocycles. The molecule has 0 N–H and O–H groups in total. The Labute approximate surface area is 135 Å². The lowest BCUT2D eigenvalue weighted by Crippen LogP contribution is -2.56. The zero-order valence-corrected chi connectivity index (χ0v) is 13.3. The SMILES string of the molecule is Cn1nnnc1SCC(=O)N1CC(Oc2ccc(Cl)cn2)C1. The Bertz CT molecular complexity index is 658. The third-order valence-corrected chi connectivity index (χ3v) is 4.31. The van der Waals surface area contributed by atoms with E-state index in [4.69, 9.17) is 16.3 Å². The summed E-state index contributed by atoms with van der Waals surface area (Å²) in [5.41, 5.74) is 0. The molecule has 10 heteroatoms. The van der Waals surface area contributed by atoms with Crippen LogP contribution >= 0.6 is 23.4 Å². The maximum atomic E-state index is 12.0. The van der Waals surface area contributed by atoms with Gasteiger partial charge in [-0.15, -0.1) is 5.10 Å². The number of thioether (sulfide) groups is 1. The van der Waals surface area contributed by atoms with Crippen LogP contribution < -0.4 is 4.74 Å². The molecule has 0 atom stereocenters. The minimum atomic E-state index is -0.0286. The molecule has 1 saturated heterocycles. The fraction of sp³-hybridized carbons (Fsp3) is 0.417. The number of halogens is 1.